The maximum Gasteiger partial charge on any atom is 0.100 e. The van der Waals surface area contributed by atoms with Crippen molar-refractivity contribution >= 4 is 0 Å². The lowest BCUT2D eigenvalue weighted by Gasteiger charge is -2.04. The van der Waals surface area contributed by atoms with E-state index in [4.69, 9.17) is 60.2 Å². The number of hydrogen-bond acceptors (Lipinski definition) is 12. The van der Waals surface area contributed by atoms with Gasteiger partial charge >= 0.3 is 0 Å². The van der Waals surface area contributed by atoms with E-state index >= 15 is 0 Å². The van der Waals surface area contributed by atoms with Crippen molar-refractivity contribution in [1.29, 1.82) is 0 Å². The minimum Gasteiger partial charge on any atom is -0.394 e. The van der Waals surface area contributed by atoms with Crippen LogP contribution in [0.2, 0.25) is 0 Å². The zero-order valence-corrected chi connectivity index (χ0v) is 38.4. The van der Waals surface area contributed by atoms with Crippen LogP contribution in [0, 0.1) is 0 Å². The van der Waals surface area contributed by atoms with Gasteiger partial charge in [0.05, 0.1) is 39.6 Å². The molecule has 0 aromatic carbocycles. The van der Waals surface area contributed by atoms with Crippen molar-refractivity contribution in [2.75, 3.05) is 79.3 Å². The van der Waals surface area contributed by atoms with E-state index in [1.165, 1.54) is 141 Å². The van der Waals surface area contributed by atoms with Crippen molar-refractivity contribution in [3.05, 3.63) is 0 Å². The van der Waals surface area contributed by atoms with Crippen LogP contribution in [-0.2, 0) is 14.2 Å². The summed E-state index contributed by atoms with van der Waals surface area (Å²) < 4.78 is 16.3. The van der Waals surface area contributed by atoms with Crippen molar-refractivity contribution < 1.29 is 60.2 Å². The first-order chi connectivity index (χ1) is 27.7. The van der Waals surface area contributed by atoms with E-state index in [1.807, 2.05) is 0 Å². The molecule has 9 N–H and O–H groups in total. The van der Waals surface area contributed by atoms with E-state index in [0.29, 0.717) is 0 Å². The van der Waals surface area contributed by atoms with Crippen LogP contribution in [0.5, 0.6) is 0 Å². The SMILES string of the molecule is CCCCCCCCCOCCCCCCCCC.CCCCCCOCCCCCC.CCCOCCC.OCC(O)CO.OCC(O)CO.OCC(O)CO. The topological polar surface area (TPSA) is 210 Å². The Bertz CT molecular complexity index is 513. The highest BCUT2D eigenvalue weighted by molar-refractivity contribution is 4.48. The van der Waals surface area contributed by atoms with Crippen molar-refractivity contribution in [3.63, 3.8) is 0 Å². The third kappa shape index (κ3) is 92.3. The molecule has 0 spiro atoms. The molecular weight excluding hydrogens is 732 g/mol. The summed E-state index contributed by atoms with van der Waals surface area (Å²) >= 11 is 0. The first-order valence-corrected chi connectivity index (χ1v) is 23.1. The Labute approximate surface area is 352 Å². The molecule has 57 heavy (non-hydrogen) atoms. The molecule has 0 aromatic heterocycles. The van der Waals surface area contributed by atoms with Gasteiger partial charge in [-0.3, -0.25) is 0 Å². The number of hydrogen-bond donors (Lipinski definition) is 9. The zero-order chi connectivity index (χ0) is 44.3. The van der Waals surface area contributed by atoms with Gasteiger partial charge in [0.2, 0.25) is 0 Å². The van der Waals surface area contributed by atoms with Gasteiger partial charge in [-0.1, -0.05) is 157 Å². The molecular formula is C45H102O12. The molecule has 0 heterocycles. The highest BCUT2D eigenvalue weighted by atomic mass is 16.5. The first-order valence-electron chi connectivity index (χ1n) is 23.1. The Morgan fingerprint density at radius 2 is 0.421 bits per heavy atom. The Morgan fingerprint density at radius 3 is 0.596 bits per heavy atom. The molecule has 0 radical (unpaired) electrons. The van der Waals surface area contributed by atoms with Gasteiger partial charge in [-0.15, -0.1) is 0 Å². The summed E-state index contributed by atoms with van der Waals surface area (Å²) in [6.45, 7) is 16.9. The smallest absolute Gasteiger partial charge is 0.100 e. The van der Waals surface area contributed by atoms with E-state index in [0.717, 1.165) is 52.5 Å². The number of ether oxygens (including phenoxy) is 3. The molecule has 0 amide bonds. The largest absolute Gasteiger partial charge is 0.394 e. The molecule has 0 bridgehead atoms. The lowest BCUT2D eigenvalue weighted by Crippen LogP contribution is -2.15. The van der Waals surface area contributed by atoms with Crippen LogP contribution in [0.1, 0.15) is 196 Å². The summed E-state index contributed by atoms with van der Waals surface area (Å²) in [5.41, 5.74) is 0. The van der Waals surface area contributed by atoms with Gasteiger partial charge in [0.1, 0.15) is 18.3 Å². The van der Waals surface area contributed by atoms with E-state index in [9.17, 15) is 0 Å². The molecule has 12 nitrogen and oxygen atoms in total. The van der Waals surface area contributed by atoms with Crippen LogP contribution in [0.3, 0.4) is 0 Å². The first kappa shape index (κ1) is 68.3. The van der Waals surface area contributed by atoms with Crippen molar-refractivity contribution in [2.24, 2.45) is 0 Å². The molecule has 354 valence electrons. The second-order valence-electron chi connectivity index (χ2n) is 14.3. The van der Waals surface area contributed by atoms with E-state index in [-0.39, 0.29) is 39.6 Å². The third-order valence-corrected chi connectivity index (χ3v) is 8.03. The van der Waals surface area contributed by atoms with E-state index < -0.39 is 18.3 Å². The summed E-state index contributed by atoms with van der Waals surface area (Å²) in [6, 6.07) is 0. The third-order valence-electron chi connectivity index (χ3n) is 8.03. The molecule has 0 atom stereocenters. The molecule has 0 rings (SSSR count). The summed E-state index contributed by atoms with van der Waals surface area (Å²) in [5.74, 6) is 0. The van der Waals surface area contributed by atoms with Crippen molar-refractivity contribution in [1.82, 2.24) is 0 Å². The van der Waals surface area contributed by atoms with Gasteiger partial charge in [0.25, 0.3) is 0 Å². The van der Waals surface area contributed by atoms with Gasteiger partial charge in [0, 0.05) is 39.6 Å². The van der Waals surface area contributed by atoms with E-state index in [1.54, 1.807) is 0 Å². The fourth-order valence-corrected chi connectivity index (χ4v) is 4.35. The van der Waals surface area contributed by atoms with Gasteiger partial charge in [-0.05, 0) is 38.5 Å². The summed E-state index contributed by atoms with van der Waals surface area (Å²) in [7, 11) is 0. The average molecular weight is 835 g/mol. The Hall–Kier alpha value is -0.480. The van der Waals surface area contributed by atoms with Crippen molar-refractivity contribution in [2.45, 2.75) is 214 Å². The predicted molar refractivity (Wildman–Crippen MR) is 238 cm³/mol. The Morgan fingerprint density at radius 1 is 0.246 bits per heavy atom. The Kier molecular flexibility index (Phi) is 87.5. The molecule has 0 aromatic rings. The molecule has 12 heteroatoms. The predicted octanol–water partition coefficient (Wildman–Crippen LogP) is 7.49. The number of unbranched alkanes of at least 4 members (excludes halogenated alkanes) is 18. The fraction of sp³-hybridized carbons (Fsp3) is 1.00. The van der Waals surface area contributed by atoms with Crippen LogP contribution in [0.15, 0.2) is 0 Å². The average Bonchev–Trinajstić information content (AvgIpc) is 3.24. The molecule has 0 aliphatic rings. The zero-order valence-electron chi connectivity index (χ0n) is 38.4. The van der Waals surface area contributed by atoms with Crippen LogP contribution in [0.25, 0.3) is 0 Å². The van der Waals surface area contributed by atoms with Gasteiger partial charge in [0.15, 0.2) is 0 Å². The quantitative estimate of drug-likeness (QED) is 0.0281. The number of aliphatic hydroxyl groups excluding tert-OH is 9. The number of rotatable bonds is 36. The van der Waals surface area contributed by atoms with Crippen molar-refractivity contribution in [3.8, 4) is 0 Å². The molecule has 0 aliphatic carbocycles. The summed E-state index contributed by atoms with van der Waals surface area (Å²) in [6.07, 6.45) is 29.2. The molecule has 0 aliphatic heterocycles. The lowest BCUT2D eigenvalue weighted by molar-refractivity contribution is 0.0450. The second kappa shape index (κ2) is 73.1. The lowest BCUT2D eigenvalue weighted by atomic mass is 10.1. The van der Waals surface area contributed by atoms with Crippen LogP contribution < -0.4 is 0 Å². The summed E-state index contributed by atoms with van der Waals surface area (Å²) in [5, 5.41) is 72.0. The maximum atomic E-state index is 8.17. The highest BCUT2D eigenvalue weighted by Crippen LogP contribution is 2.09. The summed E-state index contributed by atoms with van der Waals surface area (Å²) in [4.78, 5) is 0. The highest BCUT2D eigenvalue weighted by Gasteiger charge is 1.96. The normalized spacial score (nSPS) is 10.4. The van der Waals surface area contributed by atoms with Gasteiger partial charge in [-0.25, -0.2) is 0 Å². The second-order valence-corrected chi connectivity index (χ2v) is 14.3. The van der Waals surface area contributed by atoms with Gasteiger partial charge in [-0.2, -0.15) is 0 Å². The molecule has 0 saturated carbocycles. The minimum atomic E-state index is -0.954. The molecule has 0 saturated heterocycles. The minimum absolute atomic E-state index is 0.365. The van der Waals surface area contributed by atoms with Gasteiger partial charge < -0.3 is 60.2 Å². The van der Waals surface area contributed by atoms with Crippen LogP contribution >= 0.6 is 0 Å². The fourth-order valence-electron chi connectivity index (χ4n) is 4.35. The number of aliphatic hydroxyl groups is 9. The Balaban J connectivity index is -0.000000148. The standard InChI is InChI=1S/C18H38O.C12H26O.C6H14O.3C3H8O3/c1-3-5-7-9-11-13-15-17-19-18-16-14-12-10-8-6-4-2;1-3-5-7-9-11-13-12-10-8-6-4-2;1-3-5-7-6-4-2;3*4-1-3(6)2-5/h3-18H2,1-2H3;3-12H2,1-2H3;3-6H2,1-2H3;3*3-6H,1-2H2. The van der Waals surface area contributed by atoms with Crippen LogP contribution in [-0.4, -0.2) is 144 Å². The monoisotopic (exact) mass is 835 g/mol. The van der Waals surface area contributed by atoms with Crippen LogP contribution in [0.4, 0.5) is 0 Å². The molecule has 0 unspecified atom stereocenters. The molecule has 0 fully saturated rings. The maximum absolute atomic E-state index is 8.17. The van der Waals surface area contributed by atoms with E-state index in [2.05, 4.69) is 41.5 Å².